The first kappa shape index (κ1) is 31.5. The van der Waals surface area contributed by atoms with Gasteiger partial charge in [0.25, 0.3) is 5.56 Å². The molecule has 0 fully saturated rings. The monoisotopic (exact) mass is 525 g/mol. The molecule has 5 nitrogen and oxygen atoms in total. The van der Waals surface area contributed by atoms with Crippen LogP contribution in [0.1, 0.15) is 106 Å². The Morgan fingerprint density at radius 1 is 0.816 bits per heavy atom. The number of pyridine rings is 1. The number of hydrogen-bond acceptors (Lipinski definition) is 4. The maximum atomic E-state index is 13.8. The normalized spacial score (nSPS) is 11.6. The van der Waals surface area contributed by atoms with Gasteiger partial charge in [-0.05, 0) is 71.1 Å². The highest BCUT2D eigenvalue weighted by molar-refractivity contribution is 5.89. The maximum Gasteiger partial charge on any atom is 0.297 e. The minimum atomic E-state index is -0.116. The number of aromatic nitrogens is 1. The van der Waals surface area contributed by atoms with E-state index >= 15 is 0 Å². The molecule has 5 heteroatoms. The number of aryl methyl sites for hydroxylation is 1. The Hall–Kier alpha value is -2.69. The average molecular weight is 526 g/mol. The number of rotatable bonds is 19. The summed E-state index contributed by atoms with van der Waals surface area (Å²) in [5, 5.41) is 0.894. The maximum absolute atomic E-state index is 13.8. The van der Waals surface area contributed by atoms with Crippen LogP contribution in [0.5, 0.6) is 17.2 Å². The molecule has 1 heterocycles. The van der Waals surface area contributed by atoms with E-state index in [4.69, 9.17) is 14.2 Å². The molecule has 0 radical (unpaired) electrons. The molecule has 0 N–H and O–H groups in total. The Morgan fingerprint density at radius 2 is 1.53 bits per heavy atom. The van der Waals surface area contributed by atoms with Crippen LogP contribution in [0.3, 0.4) is 0 Å². The summed E-state index contributed by atoms with van der Waals surface area (Å²) in [5.74, 6) is 1.66. The smallest absolute Gasteiger partial charge is 0.297 e. The molecule has 0 unspecified atom stereocenters. The minimum absolute atomic E-state index is 0.116. The predicted molar refractivity (Wildman–Crippen MR) is 161 cm³/mol. The Kier molecular flexibility index (Phi) is 14.7. The van der Waals surface area contributed by atoms with E-state index in [9.17, 15) is 4.79 Å². The second kappa shape index (κ2) is 17.8. The van der Waals surface area contributed by atoms with Crippen molar-refractivity contribution >= 4 is 10.9 Å². The molecule has 212 valence electrons. The van der Waals surface area contributed by atoms with Crippen molar-refractivity contribution in [1.29, 1.82) is 0 Å². The zero-order chi connectivity index (χ0) is 27.8. The quantitative estimate of drug-likeness (QED) is 0.136. The van der Waals surface area contributed by atoms with Crippen molar-refractivity contribution in [2.24, 2.45) is 0 Å². The molecule has 0 saturated heterocycles. The van der Waals surface area contributed by atoms with Crippen LogP contribution in [0.4, 0.5) is 0 Å². The van der Waals surface area contributed by atoms with E-state index in [0.717, 1.165) is 74.4 Å². The standard InChI is InChI=1S/C33H51NO4/c1-7-10-13-14-21-34-30-25-28(36-22-11-8-2)18-19-29(30)31(32(33(34)35)37-23-12-9-3)38-24-20-27(6)17-15-16-26(4)5/h16,18-20,25H,7-15,17,21-24H2,1-6H3/b27-20+. The van der Waals surface area contributed by atoms with Gasteiger partial charge in [0.05, 0.1) is 18.7 Å². The lowest BCUT2D eigenvalue weighted by Crippen LogP contribution is -2.24. The zero-order valence-electron chi connectivity index (χ0n) is 24.9. The third kappa shape index (κ3) is 10.2. The molecular weight excluding hydrogens is 474 g/mol. The van der Waals surface area contributed by atoms with Crippen LogP contribution in [-0.4, -0.2) is 24.4 Å². The Bertz CT molecular complexity index is 1090. The van der Waals surface area contributed by atoms with E-state index in [1.807, 2.05) is 22.8 Å². The van der Waals surface area contributed by atoms with Crippen LogP contribution in [0, 0.1) is 0 Å². The summed E-state index contributed by atoms with van der Waals surface area (Å²) in [6.45, 7) is 15.1. The molecule has 0 amide bonds. The average Bonchev–Trinajstić information content (AvgIpc) is 2.89. The molecule has 0 spiro atoms. The second-order valence-corrected chi connectivity index (χ2v) is 10.4. The highest BCUT2D eigenvalue weighted by Gasteiger charge is 2.20. The molecule has 1 aromatic heterocycles. The zero-order valence-corrected chi connectivity index (χ0v) is 24.9. The van der Waals surface area contributed by atoms with Gasteiger partial charge in [0, 0.05) is 18.0 Å². The van der Waals surface area contributed by atoms with E-state index < -0.39 is 0 Å². The fourth-order valence-electron chi connectivity index (χ4n) is 4.27. The van der Waals surface area contributed by atoms with Gasteiger partial charge in [-0.15, -0.1) is 0 Å². The minimum Gasteiger partial charge on any atom is -0.494 e. The Morgan fingerprint density at radius 3 is 2.21 bits per heavy atom. The summed E-state index contributed by atoms with van der Waals surface area (Å²) in [7, 11) is 0. The highest BCUT2D eigenvalue weighted by Crippen LogP contribution is 2.35. The fourth-order valence-corrected chi connectivity index (χ4v) is 4.27. The van der Waals surface area contributed by atoms with Crippen molar-refractivity contribution in [3.05, 3.63) is 51.9 Å². The van der Waals surface area contributed by atoms with E-state index in [1.165, 1.54) is 17.6 Å². The van der Waals surface area contributed by atoms with Crippen molar-refractivity contribution in [2.45, 2.75) is 112 Å². The van der Waals surface area contributed by atoms with Gasteiger partial charge in [0.1, 0.15) is 12.4 Å². The van der Waals surface area contributed by atoms with Crippen LogP contribution in [-0.2, 0) is 6.54 Å². The third-order valence-corrected chi connectivity index (χ3v) is 6.65. The lowest BCUT2D eigenvalue weighted by atomic mass is 10.1. The molecule has 2 rings (SSSR count). The lowest BCUT2D eigenvalue weighted by molar-refractivity contribution is 0.274. The van der Waals surface area contributed by atoms with E-state index in [0.29, 0.717) is 37.9 Å². The first-order valence-corrected chi connectivity index (χ1v) is 14.8. The lowest BCUT2D eigenvalue weighted by Gasteiger charge is -2.19. The number of nitrogens with zero attached hydrogens (tertiary/aromatic N) is 1. The molecule has 1 aromatic carbocycles. The summed E-state index contributed by atoms with van der Waals surface area (Å²) in [6.07, 6.45) is 14.7. The first-order valence-electron chi connectivity index (χ1n) is 14.8. The number of ether oxygens (including phenoxy) is 3. The Balaban J connectivity index is 2.48. The van der Waals surface area contributed by atoms with Crippen LogP contribution >= 0.6 is 0 Å². The van der Waals surface area contributed by atoms with Gasteiger partial charge in [-0.25, -0.2) is 0 Å². The molecule has 0 aliphatic rings. The van der Waals surface area contributed by atoms with Gasteiger partial charge in [-0.2, -0.15) is 0 Å². The number of hydrogen-bond donors (Lipinski definition) is 0. The molecule has 0 aliphatic heterocycles. The number of benzene rings is 1. The van der Waals surface area contributed by atoms with Crippen LogP contribution in [0.2, 0.25) is 0 Å². The highest BCUT2D eigenvalue weighted by atomic mass is 16.5. The third-order valence-electron chi connectivity index (χ3n) is 6.65. The second-order valence-electron chi connectivity index (χ2n) is 10.4. The van der Waals surface area contributed by atoms with Crippen molar-refractivity contribution in [1.82, 2.24) is 4.57 Å². The molecule has 2 aromatic rings. The summed E-state index contributed by atoms with van der Waals surface area (Å²) >= 11 is 0. The number of allylic oxidation sites excluding steroid dienone is 3. The SMILES string of the molecule is CCCCCCn1c(=O)c(OCCCC)c(OC/C=C(\C)CCC=C(C)C)c2ccc(OCCCC)cc21. The number of fused-ring (bicyclic) bond motifs is 1. The summed E-state index contributed by atoms with van der Waals surface area (Å²) in [4.78, 5) is 13.8. The van der Waals surface area contributed by atoms with Crippen molar-refractivity contribution < 1.29 is 14.2 Å². The molecule has 0 bridgehead atoms. The van der Waals surface area contributed by atoms with Crippen molar-refractivity contribution in [3.8, 4) is 17.2 Å². The summed E-state index contributed by atoms with van der Waals surface area (Å²) in [6, 6.07) is 5.99. The van der Waals surface area contributed by atoms with Crippen LogP contribution in [0.25, 0.3) is 10.9 Å². The van der Waals surface area contributed by atoms with Crippen molar-refractivity contribution in [2.75, 3.05) is 19.8 Å². The molecule has 0 atom stereocenters. The van der Waals surface area contributed by atoms with Gasteiger partial charge >= 0.3 is 0 Å². The summed E-state index contributed by atoms with van der Waals surface area (Å²) < 4.78 is 20.3. The van der Waals surface area contributed by atoms with E-state index in [2.05, 4.69) is 53.7 Å². The number of unbranched alkanes of at least 4 members (excludes halogenated alkanes) is 5. The van der Waals surface area contributed by atoms with E-state index in [1.54, 1.807) is 0 Å². The molecular formula is C33H51NO4. The topological polar surface area (TPSA) is 49.7 Å². The Labute approximate surface area is 230 Å². The van der Waals surface area contributed by atoms with Gasteiger partial charge < -0.3 is 18.8 Å². The van der Waals surface area contributed by atoms with Crippen LogP contribution in [0.15, 0.2) is 46.3 Å². The fraction of sp³-hybridized carbons (Fsp3) is 0.606. The largest absolute Gasteiger partial charge is 0.494 e. The van der Waals surface area contributed by atoms with Gasteiger partial charge in [-0.3, -0.25) is 4.79 Å². The molecule has 38 heavy (non-hydrogen) atoms. The molecule has 0 saturated carbocycles. The first-order chi connectivity index (χ1) is 18.4. The van der Waals surface area contributed by atoms with Crippen molar-refractivity contribution in [3.63, 3.8) is 0 Å². The predicted octanol–water partition coefficient (Wildman–Crippen LogP) is 9.01. The van der Waals surface area contributed by atoms with Crippen LogP contribution < -0.4 is 19.8 Å². The van der Waals surface area contributed by atoms with Gasteiger partial charge in [0.15, 0.2) is 5.75 Å². The van der Waals surface area contributed by atoms with Gasteiger partial charge in [-0.1, -0.05) is 70.1 Å². The van der Waals surface area contributed by atoms with Gasteiger partial charge in [0.2, 0.25) is 5.75 Å². The molecule has 0 aliphatic carbocycles. The van der Waals surface area contributed by atoms with E-state index in [-0.39, 0.29) is 5.56 Å². The summed E-state index contributed by atoms with van der Waals surface area (Å²) in [5.41, 5.74) is 3.34.